The van der Waals surface area contributed by atoms with E-state index in [1.54, 1.807) is 11.5 Å². The van der Waals surface area contributed by atoms with Crippen molar-refractivity contribution < 1.29 is 23.1 Å². The predicted octanol–water partition coefficient (Wildman–Crippen LogP) is -0.411. The molecule has 1 unspecified atom stereocenters. The van der Waals surface area contributed by atoms with Gasteiger partial charge < -0.3 is 14.4 Å². The van der Waals surface area contributed by atoms with E-state index in [-0.39, 0.29) is 11.6 Å². The summed E-state index contributed by atoms with van der Waals surface area (Å²) in [6, 6.07) is 0. The standard InChI is InChI=1S/C10H17N3O5S/c1-4-13-6-9(12-7(13)2)19(16,17)11-5-8(18-3)10(14)15/h6,8,11H,4-5H2,1-3H3,(H,14,15). The monoisotopic (exact) mass is 291 g/mol. The normalized spacial score (nSPS) is 13.4. The van der Waals surface area contributed by atoms with E-state index in [9.17, 15) is 13.2 Å². The molecule has 1 aromatic rings. The maximum Gasteiger partial charge on any atom is 0.334 e. The predicted molar refractivity (Wildman–Crippen MR) is 66.3 cm³/mol. The second-order valence-electron chi connectivity index (χ2n) is 3.83. The van der Waals surface area contributed by atoms with Crippen LogP contribution in [0, 0.1) is 6.92 Å². The molecule has 9 heteroatoms. The van der Waals surface area contributed by atoms with E-state index in [0.717, 1.165) is 0 Å². The average molecular weight is 291 g/mol. The van der Waals surface area contributed by atoms with Gasteiger partial charge in [0.05, 0.1) is 0 Å². The number of nitrogens with one attached hydrogen (secondary N) is 1. The van der Waals surface area contributed by atoms with Crippen molar-refractivity contribution in [3.8, 4) is 0 Å². The number of carbonyl (C=O) groups is 1. The van der Waals surface area contributed by atoms with Crippen molar-refractivity contribution in [3.05, 3.63) is 12.0 Å². The minimum Gasteiger partial charge on any atom is -0.479 e. The van der Waals surface area contributed by atoms with Crippen LogP contribution in [-0.4, -0.2) is 48.8 Å². The Morgan fingerprint density at radius 3 is 2.68 bits per heavy atom. The molecule has 1 atom stereocenters. The smallest absolute Gasteiger partial charge is 0.334 e. The zero-order valence-electron chi connectivity index (χ0n) is 11.0. The lowest BCUT2D eigenvalue weighted by Crippen LogP contribution is -2.37. The van der Waals surface area contributed by atoms with Crippen molar-refractivity contribution in [2.45, 2.75) is 31.5 Å². The van der Waals surface area contributed by atoms with E-state index in [0.29, 0.717) is 12.4 Å². The molecule has 1 rings (SSSR count). The molecule has 0 aliphatic rings. The third-order valence-electron chi connectivity index (χ3n) is 2.59. The number of ether oxygens (including phenoxy) is 1. The highest BCUT2D eigenvalue weighted by atomic mass is 32.2. The van der Waals surface area contributed by atoms with Gasteiger partial charge >= 0.3 is 5.97 Å². The summed E-state index contributed by atoms with van der Waals surface area (Å²) in [7, 11) is -2.64. The molecule has 2 N–H and O–H groups in total. The van der Waals surface area contributed by atoms with E-state index in [1.807, 2.05) is 6.92 Å². The molecular formula is C10H17N3O5S. The highest BCUT2D eigenvalue weighted by molar-refractivity contribution is 7.89. The first-order valence-corrected chi connectivity index (χ1v) is 7.09. The number of aliphatic carboxylic acids is 1. The Bertz CT molecular complexity index is 552. The number of hydrogen-bond donors (Lipinski definition) is 2. The van der Waals surface area contributed by atoms with Crippen LogP contribution in [0.25, 0.3) is 0 Å². The lowest BCUT2D eigenvalue weighted by atomic mass is 10.4. The molecule has 0 spiro atoms. The molecule has 0 saturated heterocycles. The lowest BCUT2D eigenvalue weighted by molar-refractivity contribution is -0.147. The third-order valence-corrected chi connectivity index (χ3v) is 3.88. The topological polar surface area (TPSA) is 111 Å². The molecular weight excluding hydrogens is 274 g/mol. The summed E-state index contributed by atoms with van der Waals surface area (Å²) in [6.07, 6.45) is 0.171. The van der Waals surface area contributed by atoms with Gasteiger partial charge in [0.25, 0.3) is 10.0 Å². The first kappa shape index (κ1) is 15.6. The molecule has 1 aromatic heterocycles. The molecule has 108 valence electrons. The molecule has 0 amide bonds. The molecule has 0 aliphatic carbocycles. The van der Waals surface area contributed by atoms with E-state index < -0.39 is 22.1 Å². The van der Waals surface area contributed by atoms with Crippen molar-refractivity contribution in [1.29, 1.82) is 0 Å². The fourth-order valence-corrected chi connectivity index (χ4v) is 2.50. The SMILES string of the molecule is CCn1cc(S(=O)(=O)NCC(OC)C(=O)O)nc1C. The van der Waals surface area contributed by atoms with Crippen LogP contribution in [0.4, 0.5) is 0 Å². The maximum absolute atomic E-state index is 11.9. The van der Waals surface area contributed by atoms with E-state index in [2.05, 4.69) is 14.4 Å². The van der Waals surface area contributed by atoms with Crippen molar-refractivity contribution in [2.24, 2.45) is 0 Å². The molecule has 1 heterocycles. The number of carboxylic acid groups (broad SMARTS) is 1. The Labute approximate surface area is 111 Å². The van der Waals surface area contributed by atoms with Crippen LogP contribution in [0.2, 0.25) is 0 Å². The van der Waals surface area contributed by atoms with Gasteiger partial charge in [0.1, 0.15) is 5.82 Å². The van der Waals surface area contributed by atoms with Crippen molar-refractivity contribution in [3.63, 3.8) is 0 Å². The number of aryl methyl sites for hydroxylation is 2. The number of imidazole rings is 1. The number of hydrogen-bond acceptors (Lipinski definition) is 5. The molecule has 0 aliphatic heterocycles. The summed E-state index contributed by atoms with van der Waals surface area (Å²) in [6.45, 7) is 3.80. The fourth-order valence-electron chi connectivity index (χ4n) is 1.46. The van der Waals surface area contributed by atoms with Crippen molar-refractivity contribution in [1.82, 2.24) is 14.3 Å². The van der Waals surface area contributed by atoms with Crippen molar-refractivity contribution in [2.75, 3.05) is 13.7 Å². The summed E-state index contributed by atoms with van der Waals surface area (Å²) < 4.78 is 32.3. The Kier molecular flexibility index (Phi) is 5.04. The number of sulfonamides is 1. The summed E-state index contributed by atoms with van der Waals surface area (Å²) in [5.41, 5.74) is 0. The van der Waals surface area contributed by atoms with Crippen LogP contribution in [0.1, 0.15) is 12.7 Å². The van der Waals surface area contributed by atoms with Crippen LogP contribution in [-0.2, 0) is 26.1 Å². The highest BCUT2D eigenvalue weighted by Crippen LogP contribution is 2.09. The number of methoxy groups -OCH3 is 1. The Balaban J connectivity index is 2.83. The Morgan fingerprint density at radius 2 is 2.26 bits per heavy atom. The van der Waals surface area contributed by atoms with Gasteiger partial charge in [-0.15, -0.1) is 0 Å². The lowest BCUT2D eigenvalue weighted by Gasteiger charge is -2.10. The zero-order valence-corrected chi connectivity index (χ0v) is 11.8. The molecule has 0 aromatic carbocycles. The van der Waals surface area contributed by atoms with Gasteiger partial charge in [-0.3, -0.25) is 0 Å². The third kappa shape index (κ3) is 3.75. The van der Waals surface area contributed by atoms with Gasteiger partial charge in [0.15, 0.2) is 11.1 Å². The number of aromatic nitrogens is 2. The quantitative estimate of drug-likeness (QED) is 0.706. The van der Waals surface area contributed by atoms with Crippen LogP contribution >= 0.6 is 0 Å². The van der Waals surface area contributed by atoms with E-state index >= 15 is 0 Å². The molecule has 0 saturated carbocycles. The zero-order chi connectivity index (χ0) is 14.6. The van der Waals surface area contributed by atoms with Gasteiger partial charge in [-0.1, -0.05) is 0 Å². The fraction of sp³-hybridized carbons (Fsp3) is 0.600. The maximum atomic E-state index is 11.9. The van der Waals surface area contributed by atoms with Crippen LogP contribution < -0.4 is 4.72 Å². The van der Waals surface area contributed by atoms with Gasteiger partial charge in [0.2, 0.25) is 0 Å². The first-order chi connectivity index (χ1) is 8.81. The second kappa shape index (κ2) is 6.13. The summed E-state index contributed by atoms with van der Waals surface area (Å²) in [5.74, 6) is -0.662. The molecule has 19 heavy (non-hydrogen) atoms. The number of carboxylic acids is 1. The minimum absolute atomic E-state index is 0.132. The molecule has 8 nitrogen and oxygen atoms in total. The average Bonchev–Trinajstić information content (AvgIpc) is 2.71. The molecule has 0 radical (unpaired) electrons. The van der Waals surface area contributed by atoms with Crippen LogP contribution in [0.5, 0.6) is 0 Å². The first-order valence-electron chi connectivity index (χ1n) is 5.60. The highest BCUT2D eigenvalue weighted by Gasteiger charge is 2.23. The molecule has 0 bridgehead atoms. The van der Waals surface area contributed by atoms with Gasteiger partial charge in [-0.05, 0) is 13.8 Å². The summed E-state index contributed by atoms with van der Waals surface area (Å²) in [4.78, 5) is 14.6. The van der Waals surface area contributed by atoms with Gasteiger partial charge in [0, 0.05) is 26.4 Å². The number of rotatable bonds is 7. The van der Waals surface area contributed by atoms with Gasteiger partial charge in [-0.2, -0.15) is 0 Å². The van der Waals surface area contributed by atoms with Gasteiger partial charge in [-0.25, -0.2) is 22.9 Å². The minimum atomic E-state index is -3.84. The van der Waals surface area contributed by atoms with Crippen LogP contribution in [0.3, 0.4) is 0 Å². The largest absolute Gasteiger partial charge is 0.479 e. The van der Waals surface area contributed by atoms with E-state index in [1.165, 1.54) is 13.3 Å². The summed E-state index contributed by atoms with van der Waals surface area (Å²) in [5, 5.41) is 8.62. The Morgan fingerprint density at radius 1 is 1.63 bits per heavy atom. The van der Waals surface area contributed by atoms with Crippen molar-refractivity contribution >= 4 is 16.0 Å². The Hall–Kier alpha value is -1.45. The van der Waals surface area contributed by atoms with Crippen LogP contribution in [0.15, 0.2) is 11.2 Å². The number of nitrogens with zero attached hydrogens (tertiary/aromatic N) is 2. The second-order valence-corrected chi connectivity index (χ2v) is 5.54. The van der Waals surface area contributed by atoms with E-state index in [4.69, 9.17) is 5.11 Å². The summed E-state index contributed by atoms with van der Waals surface area (Å²) >= 11 is 0. The molecule has 0 fully saturated rings.